The number of ether oxygens (including phenoxy) is 2. The van der Waals surface area contributed by atoms with Gasteiger partial charge in [-0.3, -0.25) is 14.4 Å². The molecule has 0 bridgehead atoms. The van der Waals surface area contributed by atoms with Gasteiger partial charge in [-0.1, -0.05) is 24.3 Å². The fraction of sp³-hybridized carbons (Fsp3) is 0.444. The highest BCUT2D eigenvalue weighted by molar-refractivity contribution is 6.00. The number of hydrogen-bond donors (Lipinski definition) is 1. The van der Waals surface area contributed by atoms with Gasteiger partial charge in [0.15, 0.2) is 12.4 Å². The van der Waals surface area contributed by atoms with Crippen molar-refractivity contribution in [2.45, 2.75) is 57.1 Å². The maximum atomic E-state index is 12.8. The van der Waals surface area contributed by atoms with E-state index in [1.165, 1.54) is 11.1 Å². The summed E-state index contributed by atoms with van der Waals surface area (Å²) in [7, 11) is 0. The molecule has 2 heterocycles. The molecule has 1 aliphatic carbocycles. The number of piperidine rings is 1. The van der Waals surface area contributed by atoms with Crippen LogP contribution in [-0.4, -0.2) is 47.8 Å². The van der Waals surface area contributed by atoms with Gasteiger partial charge in [0.05, 0.1) is 18.0 Å². The molecule has 5 rings (SSSR count). The summed E-state index contributed by atoms with van der Waals surface area (Å²) in [5.41, 5.74) is 2.43. The third-order valence-corrected chi connectivity index (χ3v) is 7.26. The fourth-order valence-corrected chi connectivity index (χ4v) is 5.36. The zero-order valence-corrected chi connectivity index (χ0v) is 19.5. The topological polar surface area (TPSA) is 84.9 Å². The highest BCUT2D eigenvalue weighted by atomic mass is 16.5. The maximum absolute atomic E-state index is 12.8. The maximum Gasteiger partial charge on any atom is 0.258 e. The molecule has 1 unspecified atom stereocenters. The van der Waals surface area contributed by atoms with E-state index in [4.69, 9.17) is 9.47 Å². The highest BCUT2D eigenvalue weighted by Gasteiger charge is 2.43. The second-order valence-electron chi connectivity index (χ2n) is 9.55. The number of carbonyl (C=O) groups is 3. The number of benzene rings is 2. The van der Waals surface area contributed by atoms with E-state index in [1.807, 2.05) is 12.1 Å². The van der Waals surface area contributed by atoms with E-state index in [9.17, 15) is 14.4 Å². The first kappa shape index (κ1) is 22.4. The van der Waals surface area contributed by atoms with E-state index in [-0.39, 0.29) is 30.2 Å². The third kappa shape index (κ3) is 4.52. The first-order valence-corrected chi connectivity index (χ1v) is 12.0. The summed E-state index contributed by atoms with van der Waals surface area (Å²) < 4.78 is 12.1. The quantitative estimate of drug-likeness (QED) is 0.751. The Bertz CT molecular complexity index is 1120. The fourth-order valence-electron chi connectivity index (χ4n) is 5.36. The lowest BCUT2D eigenvalue weighted by Gasteiger charge is -2.43. The number of carbonyl (C=O) groups excluding carboxylic acids is 3. The number of hydrogen-bond acceptors (Lipinski definition) is 5. The predicted molar refractivity (Wildman–Crippen MR) is 126 cm³/mol. The van der Waals surface area contributed by atoms with E-state index in [0.717, 1.165) is 19.3 Å². The lowest BCUT2D eigenvalue weighted by Crippen LogP contribution is -2.51. The van der Waals surface area contributed by atoms with Crippen LogP contribution in [0.2, 0.25) is 0 Å². The number of amides is 2. The molecule has 1 saturated heterocycles. The Morgan fingerprint density at radius 1 is 1.18 bits per heavy atom. The van der Waals surface area contributed by atoms with Crippen molar-refractivity contribution in [2.24, 2.45) is 0 Å². The molecule has 34 heavy (non-hydrogen) atoms. The largest absolute Gasteiger partial charge is 0.486 e. The van der Waals surface area contributed by atoms with Crippen LogP contribution >= 0.6 is 0 Å². The molecule has 0 radical (unpaired) electrons. The van der Waals surface area contributed by atoms with E-state index in [1.54, 1.807) is 30.0 Å². The van der Waals surface area contributed by atoms with Gasteiger partial charge in [-0.25, -0.2) is 0 Å². The van der Waals surface area contributed by atoms with Crippen LogP contribution < -0.4 is 14.8 Å². The smallest absolute Gasteiger partial charge is 0.258 e. The highest BCUT2D eigenvalue weighted by Crippen LogP contribution is 2.40. The number of likely N-dealkylation sites (tertiary alicyclic amines) is 1. The molecule has 2 aromatic rings. The Kier molecular flexibility index (Phi) is 6.02. The summed E-state index contributed by atoms with van der Waals surface area (Å²) in [6.45, 7) is 2.62. The van der Waals surface area contributed by atoms with Crippen molar-refractivity contribution in [3.63, 3.8) is 0 Å². The molecule has 2 aromatic carbocycles. The minimum atomic E-state index is -0.583. The van der Waals surface area contributed by atoms with Crippen molar-refractivity contribution in [2.75, 3.05) is 19.7 Å². The molecule has 1 atom stereocenters. The van der Waals surface area contributed by atoms with Gasteiger partial charge in [-0.2, -0.15) is 0 Å². The summed E-state index contributed by atoms with van der Waals surface area (Å²) >= 11 is 0. The Morgan fingerprint density at radius 3 is 2.76 bits per heavy atom. The lowest BCUT2D eigenvalue weighted by atomic mass is 9.82. The number of nitrogens with zero attached hydrogens (tertiary/aromatic N) is 1. The monoisotopic (exact) mass is 462 g/mol. The second-order valence-corrected chi connectivity index (χ2v) is 9.55. The molecule has 7 nitrogen and oxygen atoms in total. The molecule has 1 N–H and O–H groups in total. The molecular formula is C27H30N2O5. The van der Waals surface area contributed by atoms with Crippen LogP contribution in [0.4, 0.5) is 0 Å². The van der Waals surface area contributed by atoms with Crippen molar-refractivity contribution in [1.82, 2.24) is 10.2 Å². The molecular weight excluding hydrogens is 432 g/mol. The van der Waals surface area contributed by atoms with Crippen molar-refractivity contribution in [3.8, 4) is 11.5 Å². The van der Waals surface area contributed by atoms with E-state index in [2.05, 4.69) is 17.4 Å². The molecule has 178 valence electrons. The van der Waals surface area contributed by atoms with Gasteiger partial charge in [0.1, 0.15) is 17.1 Å². The zero-order valence-electron chi connectivity index (χ0n) is 19.5. The number of fused-ring (bicyclic) bond motifs is 2. The Morgan fingerprint density at radius 2 is 1.97 bits per heavy atom. The molecule has 2 aliphatic heterocycles. The Balaban J connectivity index is 1.22. The summed E-state index contributed by atoms with van der Waals surface area (Å²) in [5.74, 6) is 0.890. The van der Waals surface area contributed by atoms with Crippen molar-refractivity contribution >= 4 is 17.6 Å². The number of nitrogens with one attached hydrogen (secondary N) is 1. The summed E-state index contributed by atoms with van der Waals surface area (Å²) in [5, 5.41) is 3.09. The Hall–Kier alpha value is -3.35. The van der Waals surface area contributed by atoms with Crippen molar-refractivity contribution < 1.29 is 23.9 Å². The van der Waals surface area contributed by atoms with Crippen LogP contribution in [0.3, 0.4) is 0 Å². The summed E-state index contributed by atoms with van der Waals surface area (Å²) in [4.78, 5) is 38.9. The number of rotatable bonds is 4. The molecule has 0 aromatic heterocycles. The van der Waals surface area contributed by atoms with Crippen LogP contribution in [0.15, 0.2) is 42.5 Å². The second kappa shape index (κ2) is 9.12. The first-order valence-electron chi connectivity index (χ1n) is 12.0. The average molecular weight is 463 g/mol. The third-order valence-electron chi connectivity index (χ3n) is 7.26. The SMILES string of the molecule is CC(=O)N1CCC2(CC1)CC(=O)c1ccc(OCC(=O)NC3CCCc4ccccc43)cc1O2. The van der Waals surface area contributed by atoms with Crippen LogP contribution in [0.5, 0.6) is 11.5 Å². The molecule has 2 amide bonds. The van der Waals surface area contributed by atoms with Gasteiger partial charge in [0.2, 0.25) is 5.91 Å². The van der Waals surface area contributed by atoms with E-state index < -0.39 is 5.60 Å². The molecule has 1 fully saturated rings. The van der Waals surface area contributed by atoms with Crippen molar-refractivity contribution in [3.05, 3.63) is 59.2 Å². The van der Waals surface area contributed by atoms with Crippen molar-refractivity contribution in [1.29, 1.82) is 0 Å². The zero-order chi connectivity index (χ0) is 23.7. The first-order chi connectivity index (χ1) is 16.4. The van der Waals surface area contributed by atoms with Crippen LogP contribution in [0.25, 0.3) is 0 Å². The molecule has 0 saturated carbocycles. The van der Waals surface area contributed by atoms with E-state index >= 15 is 0 Å². The minimum absolute atomic E-state index is 0.00580. The lowest BCUT2D eigenvalue weighted by molar-refractivity contribution is -0.132. The van der Waals surface area contributed by atoms with Gasteiger partial charge in [-0.05, 0) is 42.5 Å². The normalized spacial score (nSPS) is 20.7. The van der Waals surface area contributed by atoms with Crippen LogP contribution in [0, 0.1) is 0 Å². The van der Waals surface area contributed by atoms with Gasteiger partial charge < -0.3 is 19.7 Å². The van der Waals surface area contributed by atoms with E-state index in [0.29, 0.717) is 49.4 Å². The summed E-state index contributed by atoms with van der Waals surface area (Å²) in [6.07, 6.45) is 4.56. The average Bonchev–Trinajstić information content (AvgIpc) is 2.83. The standard InChI is InChI=1S/C27H30N2O5/c1-18(30)29-13-11-27(12-14-29)16-24(31)22-10-9-20(15-25(22)34-27)33-17-26(32)28-23-8-4-6-19-5-2-3-7-21(19)23/h2-3,5,7,9-10,15,23H,4,6,8,11-14,16-17H2,1H3,(H,28,32). The summed E-state index contributed by atoms with van der Waals surface area (Å²) in [6, 6.07) is 13.4. The number of Topliss-reactive ketones (excluding diaryl/α,β-unsaturated/α-hetero) is 1. The van der Waals surface area contributed by atoms with Gasteiger partial charge >= 0.3 is 0 Å². The number of aryl methyl sites for hydroxylation is 1. The minimum Gasteiger partial charge on any atom is -0.486 e. The Labute approximate surface area is 199 Å². The number of ketones is 1. The predicted octanol–water partition coefficient (Wildman–Crippen LogP) is 3.61. The molecule has 7 heteroatoms. The van der Waals surface area contributed by atoms with Crippen LogP contribution in [-0.2, 0) is 16.0 Å². The van der Waals surface area contributed by atoms with Gasteiger partial charge in [0, 0.05) is 38.9 Å². The van der Waals surface area contributed by atoms with Gasteiger partial charge in [-0.15, -0.1) is 0 Å². The molecule has 3 aliphatic rings. The molecule has 1 spiro atoms. The van der Waals surface area contributed by atoms with Crippen LogP contribution in [0.1, 0.15) is 66.6 Å². The van der Waals surface area contributed by atoms with Gasteiger partial charge in [0.25, 0.3) is 5.91 Å².